The Kier molecular flexibility index (Phi) is 4.49. The maximum atomic E-state index is 5.05. The molecule has 0 aliphatic heterocycles. The molecule has 2 heterocycles. The Morgan fingerprint density at radius 2 is 1.38 bits per heavy atom. The Bertz CT molecular complexity index is 1310. The standard InChI is InChI=1S/C25H18BrN3/c1-17-15-22(18-9-4-2-5-10-18)29-25(27-17)23(19-11-6-3-7-12-19)24(28-29)20-13-8-14-21(26)16-20/h2-16H,1H3. The fourth-order valence-corrected chi connectivity index (χ4v) is 4.06. The molecule has 4 heteroatoms. The summed E-state index contributed by atoms with van der Waals surface area (Å²) >= 11 is 3.60. The molecule has 2 aromatic heterocycles. The molecule has 3 aromatic carbocycles. The van der Waals surface area contributed by atoms with Crippen LogP contribution in [0.1, 0.15) is 5.69 Å². The van der Waals surface area contributed by atoms with Crippen molar-refractivity contribution in [3.05, 3.63) is 101 Å². The highest BCUT2D eigenvalue weighted by molar-refractivity contribution is 9.10. The number of hydrogen-bond acceptors (Lipinski definition) is 2. The number of fused-ring (bicyclic) bond motifs is 1. The maximum Gasteiger partial charge on any atom is 0.164 e. The lowest BCUT2D eigenvalue weighted by Gasteiger charge is -2.07. The summed E-state index contributed by atoms with van der Waals surface area (Å²) in [6.07, 6.45) is 0. The van der Waals surface area contributed by atoms with Gasteiger partial charge in [0.15, 0.2) is 5.65 Å². The van der Waals surface area contributed by atoms with E-state index in [2.05, 4.69) is 70.5 Å². The third-order valence-corrected chi connectivity index (χ3v) is 5.44. The zero-order chi connectivity index (χ0) is 19.8. The van der Waals surface area contributed by atoms with Gasteiger partial charge >= 0.3 is 0 Å². The molecule has 0 spiro atoms. The second-order valence-electron chi connectivity index (χ2n) is 6.98. The Hall–Kier alpha value is -3.24. The fraction of sp³-hybridized carbons (Fsp3) is 0.0400. The van der Waals surface area contributed by atoms with Gasteiger partial charge in [-0.1, -0.05) is 88.7 Å². The largest absolute Gasteiger partial charge is 0.233 e. The summed E-state index contributed by atoms with van der Waals surface area (Å²) in [7, 11) is 0. The Balaban J connectivity index is 1.89. The molecule has 140 valence electrons. The van der Waals surface area contributed by atoms with Gasteiger partial charge in [0.2, 0.25) is 0 Å². The first-order valence-corrected chi connectivity index (χ1v) is 10.3. The molecule has 5 rings (SSSR count). The van der Waals surface area contributed by atoms with Crippen molar-refractivity contribution < 1.29 is 0 Å². The lowest BCUT2D eigenvalue weighted by Crippen LogP contribution is -1.98. The van der Waals surface area contributed by atoms with E-state index in [1.807, 2.05) is 47.8 Å². The van der Waals surface area contributed by atoms with Gasteiger partial charge in [-0.05, 0) is 30.7 Å². The Morgan fingerprint density at radius 3 is 2.07 bits per heavy atom. The molecule has 0 amide bonds. The summed E-state index contributed by atoms with van der Waals surface area (Å²) < 4.78 is 3.00. The van der Waals surface area contributed by atoms with Crippen LogP contribution in [-0.2, 0) is 0 Å². The molecular weight excluding hydrogens is 422 g/mol. The van der Waals surface area contributed by atoms with E-state index in [-0.39, 0.29) is 0 Å². The first-order valence-electron chi connectivity index (χ1n) is 9.48. The minimum absolute atomic E-state index is 0.866. The molecule has 0 radical (unpaired) electrons. The highest BCUT2D eigenvalue weighted by atomic mass is 79.9. The third kappa shape index (κ3) is 3.26. The van der Waals surface area contributed by atoms with Gasteiger partial charge in [-0.3, -0.25) is 0 Å². The predicted octanol–water partition coefficient (Wildman–Crippen LogP) is 6.80. The van der Waals surface area contributed by atoms with Crippen molar-refractivity contribution in [1.82, 2.24) is 14.6 Å². The third-order valence-electron chi connectivity index (χ3n) is 4.95. The van der Waals surface area contributed by atoms with E-state index in [9.17, 15) is 0 Å². The molecule has 29 heavy (non-hydrogen) atoms. The lowest BCUT2D eigenvalue weighted by molar-refractivity contribution is 0.942. The van der Waals surface area contributed by atoms with Crippen LogP contribution in [0.25, 0.3) is 39.3 Å². The van der Waals surface area contributed by atoms with Gasteiger partial charge in [0.05, 0.1) is 11.3 Å². The van der Waals surface area contributed by atoms with E-state index in [0.29, 0.717) is 0 Å². The summed E-state index contributed by atoms with van der Waals surface area (Å²) in [4.78, 5) is 4.90. The minimum Gasteiger partial charge on any atom is -0.233 e. The van der Waals surface area contributed by atoms with Crippen LogP contribution < -0.4 is 0 Å². The minimum atomic E-state index is 0.866. The Morgan fingerprint density at radius 1 is 0.724 bits per heavy atom. The molecule has 0 saturated heterocycles. The molecule has 0 fully saturated rings. The van der Waals surface area contributed by atoms with Crippen molar-refractivity contribution in [1.29, 1.82) is 0 Å². The zero-order valence-corrected chi connectivity index (χ0v) is 17.5. The first kappa shape index (κ1) is 17.8. The summed E-state index contributed by atoms with van der Waals surface area (Å²) in [5, 5.41) is 5.05. The number of hydrogen-bond donors (Lipinski definition) is 0. The number of rotatable bonds is 3. The van der Waals surface area contributed by atoms with Crippen molar-refractivity contribution in [2.45, 2.75) is 6.92 Å². The Labute approximate surface area is 177 Å². The topological polar surface area (TPSA) is 30.2 Å². The molecule has 0 aliphatic carbocycles. The van der Waals surface area contributed by atoms with Crippen molar-refractivity contribution in [3.8, 4) is 33.6 Å². The van der Waals surface area contributed by atoms with Crippen molar-refractivity contribution in [2.24, 2.45) is 0 Å². The van der Waals surface area contributed by atoms with Crippen LogP contribution in [0, 0.1) is 6.92 Å². The van der Waals surface area contributed by atoms with E-state index >= 15 is 0 Å². The highest BCUT2D eigenvalue weighted by Gasteiger charge is 2.20. The summed E-state index contributed by atoms with van der Waals surface area (Å²) in [5.74, 6) is 0. The predicted molar refractivity (Wildman–Crippen MR) is 122 cm³/mol. The highest BCUT2D eigenvalue weighted by Crippen LogP contribution is 2.37. The van der Waals surface area contributed by atoms with Gasteiger partial charge in [-0.2, -0.15) is 5.10 Å². The van der Waals surface area contributed by atoms with Crippen LogP contribution in [0.15, 0.2) is 95.5 Å². The first-order chi connectivity index (χ1) is 14.2. The van der Waals surface area contributed by atoms with Crippen LogP contribution in [0.2, 0.25) is 0 Å². The van der Waals surface area contributed by atoms with Crippen LogP contribution in [-0.4, -0.2) is 14.6 Å². The molecule has 0 N–H and O–H groups in total. The monoisotopic (exact) mass is 439 g/mol. The van der Waals surface area contributed by atoms with Crippen molar-refractivity contribution in [2.75, 3.05) is 0 Å². The SMILES string of the molecule is Cc1cc(-c2ccccc2)n2nc(-c3cccc(Br)c3)c(-c3ccccc3)c2n1. The van der Waals surface area contributed by atoms with Gasteiger partial charge in [-0.15, -0.1) is 0 Å². The average molecular weight is 440 g/mol. The van der Waals surface area contributed by atoms with Gasteiger partial charge < -0.3 is 0 Å². The molecule has 0 saturated carbocycles. The smallest absolute Gasteiger partial charge is 0.164 e. The van der Waals surface area contributed by atoms with Gasteiger partial charge in [-0.25, -0.2) is 9.50 Å². The number of halogens is 1. The molecule has 0 unspecified atom stereocenters. The molecule has 3 nitrogen and oxygen atoms in total. The molecule has 0 aliphatic rings. The van der Waals surface area contributed by atoms with Crippen LogP contribution in [0.5, 0.6) is 0 Å². The van der Waals surface area contributed by atoms with E-state index in [1.54, 1.807) is 0 Å². The van der Waals surface area contributed by atoms with Gasteiger partial charge in [0, 0.05) is 21.3 Å². The molecular formula is C25H18BrN3. The van der Waals surface area contributed by atoms with Gasteiger partial charge in [0.1, 0.15) is 5.69 Å². The summed E-state index contributed by atoms with van der Waals surface area (Å²) in [6, 6.07) is 31.1. The molecule has 0 atom stereocenters. The van der Waals surface area contributed by atoms with Crippen LogP contribution >= 0.6 is 15.9 Å². The van der Waals surface area contributed by atoms with E-state index in [1.165, 1.54) is 0 Å². The molecule has 5 aromatic rings. The number of aryl methyl sites for hydroxylation is 1. The number of benzene rings is 3. The quantitative estimate of drug-likeness (QED) is 0.309. The lowest BCUT2D eigenvalue weighted by atomic mass is 10.0. The normalized spacial score (nSPS) is 11.1. The van der Waals surface area contributed by atoms with E-state index in [4.69, 9.17) is 10.1 Å². The summed E-state index contributed by atoms with van der Waals surface area (Å²) in [5.41, 5.74) is 8.11. The average Bonchev–Trinajstić information content (AvgIpc) is 3.14. The number of aromatic nitrogens is 3. The summed E-state index contributed by atoms with van der Waals surface area (Å²) in [6.45, 7) is 2.03. The number of nitrogens with zero attached hydrogens (tertiary/aromatic N) is 3. The molecule has 0 bridgehead atoms. The van der Waals surface area contributed by atoms with E-state index in [0.717, 1.165) is 49.5 Å². The zero-order valence-electron chi connectivity index (χ0n) is 15.9. The van der Waals surface area contributed by atoms with Crippen LogP contribution in [0.4, 0.5) is 0 Å². The maximum absolute atomic E-state index is 5.05. The fourth-order valence-electron chi connectivity index (χ4n) is 3.66. The van der Waals surface area contributed by atoms with Crippen molar-refractivity contribution >= 4 is 21.6 Å². The second kappa shape index (κ2) is 7.30. The van der Waals surface area contributed by atoms with Gasteiger partial charge in [0.25, 0.3) is 0 Å². The van der Waals surface area contributed by atoms with Crippen LogP contribution in [0.3, 0.4) is 0 Å². The van der Waals surface area contributed by atoms with Crippen molar-refractivity contribution in [3.63, 3.8) is 0 Å². The van der Waals surface area contributed by atoms with E-state index < -0.39 is 0 Å². The second-order valence-corrected chi connectivity index (χ2v) is 7.90.